The Balaban J connectivity index is 2.45. The molecule has 17 heavy (non-hydrogen) atoms. The van der Waals surface area contributed by atoms with Crippen LogP contribution in [0.1, 0.15) is 10.4 Å². The van der Waals surface area contributed by atoms with E-state index in [0.29, 0.717) is 18.0 Å². The lowest BCUT2D eigenvalue weighted by Crippen LogP contribution is -2.31. The Morgan fingerprint density at radius 3 is 2.76 bits per heavy atom. The van der Waals surface area contributed by atoms with Crippen molar-refractivity contribution in [2.75, 3.05) is 23.5 Å². The highest BCUT2D eigenvalue weighted by Gasteiger charge is 2.36. The zero-order chi connectivity index (χ0) is 12.6. The van der Waals surface area contributed by atoms with E-state index in [1.54, 1.807) is 11.8 Å². The lowest BCUT2D eigenvalue weighted by molar-refractivity contribution is -0.114. The second kappa shape index (κ2) is 4.66. The topological polar surface area (TPSA) is 37.4 Å². The largest absolute Gasteiger partial charge is 0.304 e. The van der Waals surface area contributed by atoms with E-state index in [2.05, 4.69) is 0 Å². The van der Waals surface area contributed by atoms with Gasteiger partial charge in [-0.1, -0.05) is 11.6 Å². The molecule has 0 atom stereocenters. The molecule has 0 aromatic heterocycles. The van der Waals surface area contributed by atoms with Crippen LogP contribution >= 0.6 is 23.4 Å². The molecule has 1 aromatic carbocycles. The molecule has 3 nitrogen and oxygen atoms in total. The summed E-state index contributed by atoms with van der Waals surface area (Å²) in [7, 11) is 0. The third-order valence-corrected chi connectivity index (χ3v) is 3.41. The lowest BCUT2D eigenvalue weighted by Gasteiger charge is -2.15. The van der Waals surface area contributed by atoms with Crippen LogP contribution in [-0.2, 0) is 4.79 Å². The third kappa shape index (κ3) is 2.05. The summed E-state index contributed by atoms with van der Waals surface area (Å²) in [6.45, 7) is 0.389. The summed E-state index contributed by atoms with van der Waals surface area (Å²) < 4.78 is 13.3. The fourth-order valence-corrected chi connectivity index (χ4v) is 2.22. The summed E-state index contributed by atoms with van der Waals surface area (Å²) in [5.41, 5.74) is 0.499. The fourth-order valence-electron chi connectivity index (χ4n) is 1.69. The smallest absolute Gasteiger partial charge is 0.299 e. The van der Waals surface area contributed by atoms with Crippen LogP contribution < -0.4 is 4.90 Å². The van der Waals surface area contributed by atoms with E-state index in [1.807, 2.05) is 6.26 Å². The number of benzene rings is 1. The van der Waals surface area contributed by atoms with Gasteiger partial charge in [0.1, 0.15) is 5.82 Å². The van der Waals surface area contributed by atoms with Crippen LogP contribution in [0.5, 0.6) is 0 Å². The van der Waals surface area contributed by atoms with Crippen LogP contribution in [0, 0.1) is 5.82 Å². The first kappa shape index (κ1) is 12.4. The van der Waals surface area contributed by atoms with Gasteiger partial charge < -0.3 is 4.90 Å². The average Bonchev–Trinajstić information content (AvgIpc) is 2.52. The number of carbonyl (C=O) groups is 2. The molecular weight excluding hydrogens is 265 g/mol. The van der Waals surface area contributed by atoms with E-state index < -0.39 is 17.5 Å². The van der Waals surface area contributed by atoms with Gasteiger partial charge in [0, 0.05) is 12.3 Å². The molecule has 0 fully saturated rings. The highest BCUT2D eigenvalue weighted by Crippen LogP contribution is 2.33. The number of amides is 1. The number of Topliss-reactive ketones (excluding diaryl/α,β-unsaturated/α-hetero) is 1. The molecule has 1 amide bonds. The van der Waals surface area contributed by atoms with Crippen molar-refractivity contribution in [3.63, 3.8) is 0 Å². The molecule has 1 aliphatic rings. The zero-order valence-corrected chi connectivity index (χ0v) is 10.6. The number of hydrogen-bond acceptors (Lipinski definition) is 3. The third-order valence-electron chi connectivity index (χ3n) is 2.53. The summed E-state index contributed by atoms with van der Waals surface area (Å²) in [6, 6.07) is 2.35. The van der Waals surface area contributed by atoms with Gasteiger partial charge in [-0.2, -0.15) is 11.8 Å². The van der Waals surface area contributed by atoms with Crippen LogP contribution in [0.25, 0.3) is 0 Å². The molecular formula is C11H9ClFNO2S. The second-order valence-corrected chi connectivity index (χ2v) is 4.95. The van der Waals surface area contributed by atoms with Crippen molar-refractivity contribution in [1.82, 2.24) is 0 Å². The highest BCUT2D eigenvalue weighted by molar-refractivity contribution is 7.98. The van der Waals surface area contributed by atoms with E-state index in [1.165, 1.54) is 11.0 Å². The van der Waals surface area contributed by atoms with Crippen LogP contribution in [-0.4, -0.2) is 30.2 Å². The van der Waals surface area contributed by atoms with Crippen molar-refractivity contribution in [2.24, 2.45) is 0 Å². The van der Waals surface area contributed by atoms with E-state index in [9.17, 15) is 14.0 Å². The number of fused-ring (bicyclic) bond motifs is 1. The van der Waals surface area contributed by atoms with E-state index >= 15 is 0 Å². The molecule has 1 heterocycles. The molecule has 0 unspecified atom stereocenters. The summed E-state index contributed by atoms with van der Waals surface area (Å²) in [4.78, 5) is 24.6. The van der Waals surface area contributed by atoms with E-state index in [-0.39, 0.29) is 10.6 Å². The van der Waals surface area contributed by atoms with Gasteiger partial charge in [0.2, 0.25) is 0 Å². The zero-order valence-electron chi connectivity index (χ0n) is 9.00. The maximum absolute atomic E-state index is 13.3. The number of hydrogen-bond donors (Lipinski definition) is 0. The van der Waals surface area contributed by atoms with Crippen molar-refractivity contribution in [2.45, 2.75) is 0 Å². The number of rotatable bonds is 3. The molecule has 2 rings (SSSR count). The van der Waals surface area contributed by atoms with E-state index in [4.69, 9.17) is 11.6 Å². The molecule has 1 aliphatic heterocycles. The molecule has 1 aromatic rings. The van der Waals surface area contributed by atoms with Gasteiger partial charge in [-0.25, -0.2) is 4.39 Å². The predicted octanol–water partition coefficient (Wildman–Crippen LogP) is 2.37. The van der Waals surface area contributed by atoms with Gasteiger partial charge in [-0.05, 0) is 18.4 Å². The predicted molar refractivity (Wildman–Crippen MR) is 66.5 cm³/mol. The summed E-state index contributed by atoms with van der Waals surface area (Å²) in [5.74, 6) is -1.18. The molecule has 0 aliphatic carbocycles. The minimum Gasteiger partial charge on any atom is -0.304 e. The number of carbonyl (C=O) groups excluding carboxylic acids is 2. The van der Waals surface area contributed by atoms with Crippen molar-refractivity contribution in [3.8, 4) is 0 Å². The molecule has 6 heteroatoms. The standard InChI is InChI=1S/C11H9ClFNO2S/c1-17-3-2-14-9-5-8(13)7(12)4-6(9)10(15)11(14)16/h4-5H,2-3H2,1H3. The van der Waals surface area contributed by atoms with Crippen molar-refractivity contribution in [3.05, 3.63) is 28.5 Å². The summed E-state index contributed by atoms with van der Waals surface area (Å²) in [6.07, 6.45) is 1.89. The highest BCUT2D eigenvalue weighted by atomic mass is 35.5. The van der Waals surface area contributed by atoms with Gasteiger partial charge in [0.25, 0.3) is 11.7 Å². The van der Waals surface area contributed by atoms with Crippen LogP contribution in [0.2, 0.25) is 5.02 Å². The minimum atomic E-state index is -0.623. The summed E-state index contributed by atoms with van der Waals surface area (Å²) in [5, 5.41) is -0.142. The van der Waals surface area contributed by atoms with Crippen molar-refractivity contribution in [1.29, 1.82) is 0 Å². The first-order valence-electron chi connectivity index (χ1n) is 4.90. The van der Waals surface area contributed by atoms with E-state index in [0.717, 1.165) is 6.07 Å². The monoisotopic (exact) mass is 273 g/mol. The number of nitrogens with zero attached hydrogens (tertiary/aromatic N) is 1. The van der Waals surface area contributed by atoms with Crippen molar-refractivity contribution < 1.29 is 14.0 Å². The van der Waals surface area contributed by atoms with Crippen molar-refractivity contribution >= 4 is 40.7 Å². The number of ketones is 1. The maximum Gasteiger partial charge on any atom is 0.299 e. The van der Waals surface area contributed by atoms with Crippen LogP contribution in [0.15, 0.2) is 12.1 Å². The van der Waals surface area contributed by atoms with Gasteiger partial charge in [-0.15, -0.1) is 0 Å². The second-order valence-electron chi connectivity index (χ2n) is 3.56. The average molecular weight is 274 g/mol. The van der Waals surface area contributed by atoms with Crippen LogP contribution in [0.4, 0.5) is 10.1 Å². The molecule has 0 saturated carbocycles. The first-order chi connectivity index (χ1) is 8.06. The lowest BCUT2D eigenvalue weighted by atomic mass is 10.1. The molecule has 90 valence electrons. The first-order valence-corrected chi connectivity index (χ1v) is 6.67. The Bertz CT molecular complexity index is 506. The van der Waals surface area contributed by atoms with Crippen LogP contribution in [0.3, 0.4) is 0 Å². The Kier molecular flexibility index (Phi) is 3.40. The number of thioether (sulfide) groups is 1. The SMILES string of the molecule is CSCCN1C(=O)C(=O)c2cc(Cl)c(F)cc21. The molecule has 0 saturated heterocycles. The number of halogens is 2. The molecule has 0 spiro atoms. The van der Waals surface area contributed by atoms with Gasteiger partial charge in [0.15, 0.2) is 0 Å². The Morgan fingerprint density at radius 1 is 1.41 bits per heavy atom. The Morgan fingerprint density at radius 2 is 2.12 bits per heavy atom. The Labute approximate surface area is 107 Å². The van der Waals surface area contributed by atoms with Gasteiger partial charge in [0.05, 0.1) is 16.3 Å². The minimum absolute atomic E-state index is 0.142. The number of anilines is 1. The normalized spacial score (nSPS) is 14.4. The van der Waals surface area contributed by atoms with Gasteiger partial charge >= 0.3 is 0 Å². The van der Waals surface area contributed by atoms with Gasteiger partial charge in [-0.3, -0.25) is 9.59 Å². The molecule has 0 radical (unpaired) electrons. The quantitative estimate of drug-likeness (QED) is 0.794. The molecule has 0 N–H and O–H groups in total. The molecule has 0 bridgehead atoms. The maximum atomic E-state index is 13.3. The summed E-state index contributed by atoms with van der Waals surface area (Å²) >= 11 is 7.15. The Hall–Kier alpha value is -1.07. The fraction of sp³-hybridized carbons (Fsp3) is 0.273.